The molecule has 0 atom stereocenters. The van der Waals surface area contributed by atoms with Crippen molar-refractivity contribution in [1.82, 2.24) is 9.78 Å². The Kier molecular flexibility index (Phi) is 3.70. The third-order valence-electron chi connectivity index (χ3n) is 2.71. The van der Waals surface area contributed by atoms with Crippen molar-refractivity contribution >= 4 is 5.97 Å². The predicted molar refractivity (Wildman–Crippen MR) is 61.2 cm³/mol. The van der Waals surface area contributed by atoms with E-state index in [-0.39, 0.29) is 5.41 Å². The topological polar surface area (TPSA) is 70.1 Å². The molecule has 5 heteroatoms. The first kappa shape index (κ1) is 12.7. The first-order valence-corrected chi connectivity index (χ1v) is 5.25. The van der Waals surface area contributed by atoms with Crippen molar-refractivity contribution in [1.29, 1.82) is 0 Å². The molecule has 0 aromatic carbocycles. The molecule has 0 saturated carbocycles. The molecule has 0 spiro atoms. The Bertz CT molecular complexity index is 383. The van der Waals surface area contributed by atoms with Gasteiger partial charge in [-0.3, -0.25) is 4.68 Å². The number of hydrogen-bond acceptors (Lipinski definition) is 4. The van der Waals surface area contributed by atoms with Crippen LogP contribution < -0.4 is 5.73 Å². The van der Waals surface area contributed by atoms with Crippen LogP contribution in [0.2, 0.25) is 0 Å². The van der Waals surface area contributed by atoms with Gasteiger partial charge in [0, 0.05) is 18.8 Å². The summed E-state index contributed by atoms with van der Waals surface area (Å²) >= 11 is 0. The number of carbonyl (C=O) groups is 1. The van der Waals surface area contributed by atoms with Crippen molar-refractivity contribution < 1.29 is 9.53 Å². The summed E-state index contributed by atoms with van der Waals surface area (Å²) in [5, 5.41) is 4.13. The fraction of sp³-hybridized carbons (Fsp3) is 0.636. The number of hydrogen-bond donors (Lipinski definition) is 1. The highest BCUT2D eigenvalue weighted by molar-refractivity contribution is 5.89. The summed E-state index contributed by atoms with van der Waals surface area (Å²) in [7, 11) is 3.14. The van der Waals surface area contributed by atoms with Gasteiger partial charge in [-0.05, 0) is 18.4 Å². The van der Waals surface area contributed by atoms with Crippen LogP contribution in [0.1, 0.15) is 36.3 Å². The minimum atomic E-state index is -0.402. The van der Waals surface area contributed by atoms with E-state index in [1.54, 1.807) is 11.7 Å². The van der Waals surface area contributed by atoms with Crippen LogP contribution in [0, 0.1) is 0 Å². The van der Waals surface area contributed by atoms with Crippen molar-refractivity contribution in [2.75, 3.05) is 13.7 Å². The minimum Gasteiger partial charge on any atom is -0.464 e. The Hall–Kier alpha value is -1.36. The van der Waals surface area contributed by atoms with Gasteiger partial charge in [-0.25, -0.2) is 4.79 Å². The summed E-state index contributed by atoms with van der Waals surface area (Å²) in [5.74, 6) is -0.402. The van der Waals surface area contributed by atoms with Gasteiger partial charge in [0.15, 0.2) is 5.69 Å². The molecule has 1 heterocycles. The lowest BCUT2D eigenvalue weighted by Gasteiger charge is -2.23. The van der Waals surface area contributed by atoms with Gasteiger partial charge < -0.3 is 10.5 Å². The summed E-state index contributed by atoms with van der Waals surface area (Å²) in [6.07, 6.45) is 2.64. The van der Waals surface area contributed by atoms with E-state index >= 15 is 0 Å². The van der Waals surface area contributed by atoms with Crippen LogP contribution in [0.4, 0.5) is 0 Å². The van der Waals surface area contributed by atoms with E-state index < -0.39 is 5.97 Å². The van der Waals surface area contributed by atoms with Crippen LogP contribution in [0.25, 0.3) is 0 Å². The maximum Gasteiger partial charge on any atom is 0.358 e. The number of rotatable bonds is 4. The molecule has 0 fully saturated rings. The van der Waals surface area contributed by atoms with Crippen LogP contribution in [-0.2, 0) is 17.2 Å². The van der Waals surface area contributed by atoms with Gasteiger partial charge in [-0.15, -0.1) is 0 Å². The summed E-state index contributed by atoms with van der Waals surface area (Å²) in [5.41, 5.74) is 6.66. The van der Waals surface area contributed by atoms with Crippen molar-refractivity contribution in [2.24, 2.45) is 12.8 Å². The number of ether oxygens (including phenoxy) is 1. The molecule has 0 radical (unpaired) electrons. The molecule has 0 amide bonds. The van der Waals surface area contributed by atoms with E-state index in [1.807, 2.05) is 20.0 Å². The molecule has 0 aliphatic carbocycles. The van der Waals surface area contributed by atoms with Gasteiger partial charge >= 0.3 is 5.97 Å². The van der Waals surface area contributed by atoms with Crippen molar-refractivity contribution in [2.45, 2.75) is 25.7 Å². The van der Waals surface area contributed by atoms with Gasteiger partial charge in [-0.2, -0.15) is 5.10 Å². The second-order valence-electron chi connectivity index (χ2n) is 4.48. The Morgan fingerprint density at radius 1 is 1.62 bits per heavy atom. The number of carbonyl (C=O) groups excluding carboxylic acids is 1. The summed E-state index contributed by atoms with van der Waals surface area (Å²) < 4.78 is 6.34. The maximum absolute atomic E-state index is 11.6. The first-order valence-electron chi connectivity index (χ1n) is 5.25. The standard InChI is InChI=1S/C11H19N3O2/c1-11(2,5-6-12)8-7-14(3)13-9(8)10(15)16-4/h7H,5-6,12H2,1-4H3. The molecule has 0 aliphatic heterocycles. The second-order valence-corrected chi connectivity index (χ2v) is 4.48. The molecule has 0 aliphatic rings. The fourth-order valence-electron chi connectivity index (χ4n) is 1.73. The quantitative estimate of drug-likeness (QED) is 0.771. The van der Waals surface area contributed by atoms with Crippen LogP contribution in [-0.4, -0.2) is 29.4 Å². The zero-order chi connectivity index (χ0) is 12.3. The zero-order valence-electron chi connectivity index (χ0n) is 10.3. The number of nitrogens with zero attached hydrogens (tertiary/aromatic N) is 2. The Morgan fingerprint density at radius 3 is 2.75 bits per heavy atom. The molecular formula is C11H19N3O2. The van der Waals surface area contributed by atoms with Gasteiger partial charge in [0.1, 0.15) is 0 Å². The number of methoxy groups -OCH3 is 1. The highest BCUT2D eigenvalue weighted by Crippen LogP contribution is 2.29. The lowest BCUT2D eigenvalue weighted by atomic mass is 9.82. The van der Waals surface area contributed by atoms with Gasteiger partial charge in [0.25, 0.3) is 0 Å². The Balaban J connectivity index is 3.17. The van der Waals surface area contributed by atoms with E-state index in [9.17, 15) is 4.79 Å². The highest BCUT2D eigenvalue weighted by atomic mass is 16.5. The number of esters is 1. The third kappa shape index (κ3) is 2.41. The molecule has 2 N–H and O–H groups in total. The van der Waals surface area contributed by atoms with E-state index in [2.05, 4.69) is 5.10 Å². The molecular weight excluding hydrogens is 206 g/mol. The summed E-state index contributed by atoms with van der Waals surface area (Å²) in [6, 6.07) is 0. The maximum atomic E-state index is 11.6. The van der Waals surface area contributed by atoms with Crippen molar-refractivity contribution in [3.63, 3.8) is 0 Å². The number of aromatic nitrogens is 2. The first-order chi connectivity index (χ1) is 7.42. The van der Waals surface area contributed by atoms with Gasteiger partial charge in [-0.1, -0.05) is 13.8 Å². The molecule has 0 saturated heterocycles. The molecule has 1 rings (SSSR count). The number of aryl methyl sites for hydroxylation is 1. The van der Waals surface area contributed by atoms with Crippen LogP contribution >= 0.6 is 0 Å². The van der Waals surface area contributed by atoms with Crippen LogP contribution in [0.5, 0.6) is 0 Å². The van der Waals surface area contributed by atoms with Gasteiger partial charge in [0.2, 0.25) is 0 Å². The third-order valence-corrected chi connectivity index (χ3v) is 2.71. The number of nitrogens with two attached hydrogens (primary N) is 1. The minimum absolute atomic E-state index is 0.174. The average Bonchev–Trinajstić information content (AvgIpc) is 2.60. The Labute approximate surface area is 95.6 Å². The lowest BCUT2D eigenvalue weighted by Crippen LogP contribution is -2.24. The molecule has 1 aromatic heterocycles. The molecule has 5 nitrogen and oxygen atoms in total. The smallest absolute Gasteiger partial charge is 0.358 e. The Morgan fingerprint density at radius 2 is 2.25 bits per heavy atom. The molecule has 16 heavy (non-hydrogen) atoms. The predicted octanol–water partition coefficient (Wildman–Crippen LogP) is 0.833. The summed E-state index contributed by atoms with van der Waals surface area (Å²) in [4.78, 5) is 11.6. The molecule has 0 bridgehead atoms. The monoisotopic (exact) mass is 225 g/mol. The second kappa shape index (κ2) is 4.65. The SMILES string of the molecule is COC(=O)c1nn(C)cc1C(C)(C)CCN. The molecule has 1 aromatic rings. The lowest BCUT2D eigenvalue weighted by molar-refractivity contribution is 0.0590. The molecule has 0 unspecified atom stereocenters. The fourth-order valence-corrected chi connectivity index (χ4v) is 1.73. The van der Waals surface area contributed by atoms with E-state index in [1.165, 1.54) is 7.11 Å². The molecule has 90 valence electrons. The van der Waals surface area contributed by atoms with Gasteiger partial charge in [0.05, 0.1) is 7.11 Å². The zero-order valence-corrected chi connectivity index (χ0v) is 10.3. The van der Waals surface area contributed by atoms with Crippen molar-refractivity contribution in [3.8, 4) is 0 Å². The van der Waals surface area contributed by atoms with Crippen LogP contribution in [0.15, 0.2) is 6.20 Å². The van der Waals surface area contributed by atoms with E-state index in [4.69, 9.17) is 10.5 Å². The average molecular weight is 225 g/mol. The van der Waals surface area contributed by atoms with Crippen molar-refractivity contribution in [3.05, 3.63) is 17.5 Å². The highest BCUT2D eigenvalue weighted by Gasteiger charge is 2.29. The summed E-state index contributed by atoms with van der Waals surface area (Å²) in [6.45, 7) is 4.66. The van der Waals surface area contributed by atoms with E-state index in [0.717, 1.165) is 12.0 Å². The van der Waals surface area contributed by atoms with E-state index in [0.29, 0.717) is 12.2 Å². The largest absolute Gasteiger partial charge is 0.464 e. The van der Waals surface area contributed by atoms with Crippen LogP contribution in [0.3, 0.4) is 0 Å². The normalized spacial score (nSPS) is 11.6.